The van der Waals surface area contributed by atoms with Crippen LogP contribution in [0.5, 0.6) is 5.75 Å². The Bertz CT molecular complexity index is 1120. The Morgan fingerprint density at radius 3 is 2.57 bits per heavy atom. The summed E-state index contributed by atoms with van der Waals surface area (Å²) in [5, 5.41) is 3.68. The van der Waals surface area contributed by atoms with Gasteiger partial charge in [0.1, 0.15) is 11.6 Å². The van der Waals surface area contributed by atoms with Crippen LogP contribution >= 0.6 is 0 Å². The van der Waals surface area contributed by atoms with Crippen LogP contribution in [-0.4, -0.2) is 22.6 Å². The average Bonchev–Trinajstić information content (AvgIpc) is 3.08. The van der Waals surface area contributed by atoms with Gasteiger partial charge >= 0.3 is 0 Å². The Morgan fingerprint density at radius 1 is 1.11 bits per heavy atom. The van der Waals surface area contributed by atoms with E-state index in [-0.39, 0.29) is 11.7 Å². The fourth-order valence-corrected chi connectivity index (χ4v) is 3.14. The summed E-state index contributed by atoms with van der Waals surface area (Å²) in [7, 11) is 1.59. The molecule has 0 radical (unpaired) electrons. The van der Waals surface area contributed by atoms with E-state index in [0.29, 0.717) is 23.5 Å². The number of nitrogens with one attached hydrogen (secondary N) is 1. The Kier molecular flexibility index (Phi) is 4.76. The molecule has 0 spiro atoms. The number of halogens is 1. The van der Waals surface area contributed by atoms with Crippen molar-refractivity contribution in [1.29, 1.82) is 0 Å². The molecule has 0 unspecified atom stereocenters. The molecule has 1 amide bonds. The number of rotatable bonds is 5. The molecule has 0 atom stereocenters. The molecule has 0 saturated heterocycles. The van der Waals surface area contributed by atoms with E-state index in [0.717, 1.165) is 16.5 Å². The second-order valence-corrected chi connectivity index (χ2v) is 6.37. The molecule has 4 rings (SSSR count). The molecule has 6 heteroatoms. The second kappa shape index (κ2) is 7.52. The van der Waals surface area contributed by atoms with Crippen molar-refractivity contribution < 1.29 is 13.9 Å². The topological polar surface area (TPSA) is 56.1 Å². The number of ether oxygens (including phenoxy) is 1. The minimum absolute atomic E-state index is 0.220. The van der Waals surface area contributed by atoms with Gasteiger partial charge in [0.15, 0.2) is 0 Å². The molecule has 0 aliphatic heterocycles. The number of aromatic nitrogens is 2. The first kappa shape index (κ1) is 17.7. The number of fused-ring (bicyclic) bond motifs is 1. The van der Waals surface area contributed by atoms with Crippen molar-refractivity contribution in [2.75, 3.05) is 12.4 Å². The Morgan fingerprint density at radius 2 is 1.86 bits per heavy atom. The molecule has 5 nitrogen and oxygen atoms in total. The molecule has 140 valence electrons. The molecule has 28 heavy (non-hydrogen) atoms. The summed E-state index contributed by atoms with van der Waals surface area (Å²) in [5.41, 5.74) is 3.04. The summed E-state index contributed by atoms with van der Waals surface area (Å²) >= 11 is 0. The van der Waals surface area contributed by atoms with E-state index in [1.807, 2.05) is 29.0 Å². The molecule has 0 aliphatic rings. The van der Waals surface area contributed by atoms with E-state index < -0.39 is 0 Å². The number of amides is 1. The quantitative estimate of drug-likeness (QED) is 0.559. The molecular formula is C22H18FN3O2. The third-order valence-corrected chi connectivity index (χ3v) is 4.54. The first-order valence-corrected chi connectivity index (χ1v) is 8.77. The molecule has 0 bridgehead atoms. The van der Waals surface area contributed by atoms with Gasteiger partial charge in [0.25, 0.3) is 5.91 Å². The Labute approximate surface area is 161 Å². The number of nitrogens with zero attached hydrogens (tertiary/aromatic N) is 2. The van der Waals surface area contributed by atoms with Crippen molar-refractivity contribution in [1.82, 2.24) is 9.55 Å². The van der Waals surface area contributed by atoms with E-state index >= 15 is 0 Å². The van der Waals surface area contributed by atoms with Crippen LogP contribution in [0.3, 0.4) is 0 Å². The minimum atomic E-state index is -0.275. The second-order valence-electron chi connectivity index (χ2n) is 6.37. The fraction of sp³-hybridized carbons (Fsp3) is 0.0909. The summed E-state index contributed by atoms with van der Waals surface area (Å²) in [6.45, 7) is 0.519. The summed E-state index contributed by atoms with van der Waals surface area (Å²) in [4.78, 5) is 16.9. The van der Waals surface area contributed by atoms with E-state index in [9.17, 15) is 9.18 Å². The molecule has 2 aromatic carbocycles. The lowest BCUT2D eigenvalue weighted by Gasteiger charge is -2.06. The molecule has 0 saturated carbocycles. The van der Waals surface area contributed by atoms with Gasteiger partial charge in [-0.15, -0.1) is 0 Å². The van der Waals surface area contributed by atoms with Crippen LogP contribution < -0.4 is 10.1 Å². The van der Waals surface area contributed by atoms with E-state index in [1.54, 1.807) is 43.8 Å². The van der Waals surface area contributed by atoms with Gasteiger partial charge in [-0.05, 0) is 48.0 Å². The molecular weight excluding hydrogens is 357 g/mol. The number of methoxy groups -OCH3 is 1. The van der Waals surface area contributed by atoms with Gasteiger partial charge in [-0.2, -0.15) is 0 Å². The van der Waals surface area contributed by atoms with Gasteiger partial charge in [-0.1, -0.05) is 12.1 Å². The van der Waals surface area contributed by atoms with Gasteiger partial charge in [0.2, 0.25) is 0 Å². The number of hydrogen-bond acceptors (Lipinski definition) is 3. The zero-order valence-corrected chi connectivity index (χ0v) is 15.2. The van der Waals surface area contributed by atoms with Crippen LogP contribution in [0.25, 0.3) is 10.9 Å². The Balaban J connectivity index is 1.74. The highest BCUT2D eigenvalue weighted by Gasteiger charge is 2.16. The highest BCUT2D eigenvalue weighted by atomic mass is 19.1. The molecule has 2 aromatic heterocycles. The highest BCUT2D eigenvalue weighted by Crippen LogP contribution is 2.27. The smallest absolute Gasteiger partial charge is 0.257 e. The van der Waals surface area contributed by atoms with Crippen LogP contribution in [0, 0.1) is 5.82 Å². The predicted octanol–water partition coefficient (Wildman–Crippen LogP) is 4.48. The average molecular weight is 375 g/mol. The number of carbonyl (C=O) groups excluding carboxylic acids is 1. The van der Waals surface area contributed by atoms with Crippen LogP contribution in [0.1, 0.15) is 15.9 Å². The van der Waals surface area contributed by atoms with Crippen molar-refractivity contribution in [2.45, 2.75) is 6.54 Å². The first-order chi connectivity index (χ1) is 13.6. The van der Waals surface area contributed by atoms with Crippen molar-refractivity contribution >= 4 is 22.5 Å². The standard InChI is InChI=1S/C22H18FN3O2/c1-28-18-6-7-21-19(12-18)20(22(27)25-17-8-10-24-11-9-17)14-26(21)13-15-2-4-16(23)5-3-15/h2-12,14H,13H2,1H3,(H,24,25,27). The van der Waals surface area contributed by atoms with Crippen molar-refractivity contribution in [3.05, 3.63) is 90.1 Å². The lowest BCUT2D eigenvalue weighted by atomic mass is 10.1. The lowest BCUT2D eigenvalue weighted by Crippen LogP contribution is -2.11. The van der Waals surface area contributed by atoms with Crippen molar-refractivity contribution in [3.63, 3.8) is 0 Å². The maximum Gasteiger partial charge on any atom is 0.257 e. The highest BCUT2D eigenvalue weighted by molar-refractivity contribution is 6.13. The summed E-state index contributed by atoms with van der Waals surface area (Å²) in [5.74, 6) is 0.176. The van der Waals surface area contributed by atoms with Crippen LogP contribution in [0.4, 0.5) is 10.1 Å². The number of benzene rings is 2. The van der Waals surface area contributed by atoms with Crippen LogP contribution in [0.2, 0.25) is 0 Å². The SMILES string of the molecule is COc1ccc2c(c1)c(C(=O)Nc1ccncc1)cn2Cc1ccc(F)cc1. The summed E-state index contributed by atoms with van der Waals surface area (Å²) in [6, 6.07) is 15.4. The number of pyridine rings is 1. The molecule has 0 fully saturated rings. The van der Waals surface area contributed by atoms with Gasteiger partial charge in [0.05, 0.1) is 12.7 Å². The largest absolute Gasteiger partial charge is 0.497 e. The monoisotopic (exact) mass is 375 g/mol. The first-order valence-electron chi connectivity index (χ1n) is 8.77. The lowest BCUT2D eigenvalue weighted by molar-refractivity contribution is 0.102. The van der Waals surface area contributed by atoms with Crippen LogP contribution in [-0.2, 0) is 6.54 Å². The molecule has 2 heterocycles. The zero-order chi connectivity index (χ0) is 19.5. The Hall–Kier alpha value is -3.67. The maximum absolute atomic E-state index is 13.2. The molecule has 1 N–H and O–H groups in total. The zero-order valence-electron chi connectivity index (χ0n) is 15.2. The van der Waals surface area contributed by atoms with Crippen molar-refractivity contribution in [3.8, 4) is 5.75 Å². The molecule has 4 aromatic rings. The minimum Gasteiger partial charge on any atom is -0.497 e. The summed E-state index contributed by atoms with van der Waals surface area (Å²) in [6.07, 6.45) is 5.05. The number of anilines is 1. The third kappa shape index (κ3) is 3.57. The van der Waals surface area contributed by atoms with Crippen molar-refractivity contribution in [2.24, 2.45) is 0 Å². The van der Waals surface area contributed by atoms with E-state index in [1.165, 1.54) is 12.1 Å². The van der Waals surface area contributed by atoms with Gasteiger partial charge in [-0.3, -0.25) is 9.78 Å². The van der Waals surface area contributed by atoms with Gasteiger partial charge in [-0.25, -0.2) is 4.39 Å². The molecule has 0 aliphatic carbocycles. The normalized spacial score (nSPS) is 10.8. The van der Waals surface area contributed by atoms with Crippen LogP contribution in [0.15, 0.2) is 73.2 Å². The predicted molar refractivity (Wildman–Crippen MR) is 106 cm³/mol. The number of hydrogen-bond donors (Lipinski definition) is 1. The fourth-order valence-electron chi connectivity index (χ4n) is 3.14. The maximum atomic E-state index is 13.2. The summed E-state index contributed by atoms with van der Waals surface area (Å²) < 4.78 is 20.5. The van der Waals surface area contributed by atoms with E-state index in [2.05, 4.69) is 10.3 Å². The van der Waals surface area contributed by atoms with Gasteiger partial charge in [0, 0.05) is 41.7 Å². The number of carbonyl (C=O) groups is 1. The van der Waals surface area contributed by atoms with E-state index in [4.69, 9.17) is 4.74 Å². The third-order valence-electron chi connectivity index (χ3n) is 4.54. The van der Waals surface area contributed by atoms with Gasteiger partial charge < -0.3 is 14.6 Å².